The molecule has 5 N–H and O–H groups in total. The van der Waals surface area contributed by atoms with E-state index in [9.17, 15) is 58.0 Å². The van der Waals surface area contributed by atoms with E-state index in [0.29, 0.717) is 63.3 Å². The highest BCUT2D eigenvalue weighted by atomic mass is 35.5. The summed E-state index contributed by atoms with van der Waals surface area (Å²) in [6.45, 7) is 9.70. The summed E-state index contributed by atoms with van der Waals surface area (Å²) in [6.07, 6.45) is 2.33. The number of ether oxygens (including phenoxy) is 1. The molecule has 3 aromatic heterocycles. The van der Waals surface area contributed by atoms with Crippen molar-refractivity contribution >= 4 is 103 Å². The number of carboxylic acids is 2. The molecule has 426 valence electrons. The minimum atomic E-state index is -1.17. The number of halogens is 6. The van der Waals surface area contributed by atoms with Crippen LogP contribution in [0.4, 0.5) is 13.2 Å². The molecule has 0 aliphatic rings. The molecule has 0 saturated carbocycles. The fourth-order valence-electron chi connectivity index (χ4n) is 9.90. The van der Waals surface area contributed by atoms with E-state index in [0.717, 1.165) is 18.6 Å². The van der Waals surface area contributed by atoms with E-state index >= 15 is 4.39 Å². The van der Waals surface area contributed by atoms with Gasteiger partial charge in [0, 0.05) is 60.8 Å². The lowest BCUT2D eigenvalue weighted by molar-refractivity contribution is -0.139. The van der Waals surface area contributed by atoms with Gasteiger partial charge in [0.2, 0.25) is 0 Å². The summed E-state index contributed by atoms with van der Waals surface area (Å²) in [4.78, 5) is 74.0. The van der Waals surface area contributed by atoms with Gasteiger partial charge in [-0.3, -0.25) is 42.5 Å². The normalized spacial score (nSPS) is 11.5. The fraction of sp³-hybridized carbons (Fsp3) is 0.213. The average Bonchev–Trinajstić information content (AvgIpc) is 4.11. The van der Waals surface area contributed by atoms with Crippen LogP contribution in [-0.4, -0.2) is 74.9 Å². The van der Waals surface area contributed by atoms with Gasteiger partial charge in [0.1, 0.15) is 0 Å². The summed E-state index contributed by atoms with van der Waals surface area (Å²) in [5, 5.41) is 49.6. The van der Waals surface area contributed by atoms with Crippen LogP contribution in [-0.2, 0) is 27.2 Å². The summed E-state index contributed by atoms with van der Waals surface area (Å²) in [5.41, 5.74) is 3.10. The molecule has 3 heterocycles. The number of carboxylic acid groups (broad SMARTS) is 2. The average molecular weight is 1180 g/mol. The zero-order valence-electron chi connectivity index (χ0n) is 44.8. The number of rotatable bonds is 13. The number of fused-ring (bicyclic) bond motifs is 3. The SMILES string of the molecule is CCCCC(C(=O)O)c1c(C)n(C(=O)c2cccc(Cl)c2)c2ccc(O)c(F)c12.CCCc1cc2c(c(F)c1O)c(OC(C)=O)c(C)n2C(=O)c1cccc(Cl)c1.Cc1c(CC(=O)O)c2c(F)c(O)ccc2n1C(=O)c1cccc(Cl)c1. The Morgan fingerprint density at radius 1 is 0.573 bits per heavy atom. The molecule has 0 aliphatic heterocycles. The second kappa shape index (κ2) is 25.5. The number of aryl methyl sites for hydroxylation is 1. The Labute approximate surface area is 481 Å². The minimum absolute atomic E-state index is 0.0404. The lowest BCUT2D eigenvalue weighted by Gasteiger charge is -2.14. The molecular weight excluding hydrogens is 1130 g/mol. The third-order valence-electron chi connectivity index (χ3n) is 13.6. The van der Waals surface area contributed by atoms with Crippen molar-refractivity contribution < 1.29 is 72.2 Å². The molecule has 1 unspecified atom stereocenters. The number of aliphatic carboxylic acids is 2. The maximum absolute atomic E-state index is 15.0. The Bertz CT molecular complexity index is 4050. The molecule has 82 heavy (non-hydrogen) atoms. The van der Waals surface area contributed by atoms with Gasteiger partial charge in [0.15, 0.2) is 40.4 Å². The lowest BCUT2D eigenvalue weighted by atomic mass is 9.91. The summed E-state index contributed by atoms with van der Waals surface area (Å²) in [7, 11) is 0. The number of unbranched alkanes of at least 4 members (excludes halogenated alkanes) is 1. The van der Waals surface area contributed by atoms with Crippen LogP contribution in [0.25, 0.3) is 32.7 Å². The molecular formula is C61H53Cl3F3N3O12. The number of hydrogen-bond donors (Lipinski definition) is 5. The molecule has 21 heteroatoms. The number of phenols is 3. The number of carbonyl (C=O) groups is 6. The van der Waals surface area contributed by atoms with Crippen molar-refractivity contribution in [2.45, 2.75) is 86.0 Å². The smallest absolute Gasteiger partial charge is 0.311 e. The van der Waals surface area contributed by atoms with Gasteiger partial charge in [-0.1, -0.05) is 86.1 Å². The monoisotopic (exact) mass is 1180 g/mol. The molecule has 1 atom stereocenters. The maximum atomic E-state index is 15.0. The number of nitrogens with zero attached hydrogens (tertiary/aromatic N) is 3. The van der Waals surface area contributed by atoms with Gasteiger partial charge in [-0.25, -0.2) is 13.2 Å². The first kappa shape index (κ1) is 61.0. The number of hydrogen-bond acceptors (Lipinski definition) is 10. The molecule has 0 aliphatic carbocycles. The Kier molecular flexibility index (Phi) is 19.0. The van der Waals surface area contributed by atoms with Crippen molar-refractivity contribution in [2.75, 3.05) is 0 Å². The van der Waals surface area contributed by atoms with Crippen LogP contribution in [0.2, 0.25) is 15.1 Å². The van der Waals surface area contributed by atoms with Gasteiger partial charge in [-0.15, -0.1) is 0 Å². The van der Waals surface area contributed by atoms with Gasteiger partial charge >= 0.3 is 17.9 Å². The first-order chi connectivity index (χ1) is 38.8. The molecule has 0 spiro atoms. The molecule has 0 saturated heterocycles. The summed E-state index contributed by atoms with van der Waals surface area (Å²) < 4.78 is 53.4. The quantitative estimate of drug-likeness (QED) is 0.0679. The Balaban J connectivity index is 0.000000178. The minimum Gasteiger partial charge on any atom is -0.505 e. The Hall–Kier alpha value is -8.58. The Morgan fingerprint density at radius 3 is 1.48 bits per heavy atom. The van der Waals surface area contributed by atoms with Crippen molar-refractivity contribution in [3.63, 3.8) is 0 Å². The van der Waals surface area contributed by atoms with E-state index in [1.807, 2.05) is 13.8 Å². The maximum Gasteiger partial charge on any atom is 0.311 e. The van der Waals surface area contributed by atoms with Crippen molar-refractivity contribution in [1.29, 1.82) is 0 Å². The summed E-state index contributed by atoms with van der Waals surface area (Å²) in [5.74, 6) is -9.88. The van der Waals surface area contributed by atoms with Gasteiger partial charge in [-0.05, 0) is 135 Å². The van der Waals surface area contributed by atoms with Crippen LogP contribution in [0.1, 0.15) is 117 Å². The number of aromatic nitrogens is 3. The topological polar surface area (TPSA) is 228 Å². The van der Waals surface area contributed by atoms with E-state index in [-0.39, 0.29) is 66.4 Å². The molecule has 9 aromatic rings. The third kappa shape index (κ3) is 12.2. The van der Waals surface area contributed by atoms with Crippen LogP contribution in [0.3, 0.4) is 0 Å². The van der Waals surface area contributed by atoms with Crippen molar-refractivity contribution in [3.05, 3.63) is 186 Å². The van der Waals surface area contributed by atoms with Crippen LogP contribution in [0.5, 0.6) is 23.0 Å². The number of carbonyl (C=O) groups excluding carboxylic acids is 4. The van der Waals surface area contributed by atoms with Crippen LogP contribution in [0, 0.1) is 38.2 Å². The Morgan fingerprint density at radius 2 is 1.04 bits per heavy atom. The molecule has 0 radical (unpaired) electrons. The number of aromatic hydroxyl groups is 3. The number of phenolic OH excluding ortho intramolecular Hbond substituents is 3. The standard InChI is InChI=1S/C22H21ClFNO4.C21H19ClFNO4.C18H13ClFNO4/c1-3-4-8-15(22(28)29)18-12(2)25(16-9-10-17(26)20(24)19(16)18)21(27)13-6-5-7-14(23)11-13;1-4-6-13-10-16-17(18(23)19(13)26)20(28-12(3)25)11(2)24(16)21(27)14-7-5-8-15(22)9-14;1-9-12(8-15(23)24)16-13(5-6-14(22)17(16)20)21(9)18(25)10-3-2-4-11(19)7-10/h5-7,9-11,15,26H,3-4,8H2,1-2H3,(H,28,29);5,7-10,26H,4,6H2,1-3H3;2-7,22H,8H2,1H3,(H,23,24). The van der Waals surface area contributed by atoms with E-state index < -0.39 is 82.7 Å². The first-order valence-electron chi connectivity index (χ1n) is 25.5. The zero-order valence-corrected chi connectivity index (χ0v) is 47.1. The summed E-state index contributed by atoms with van der Waals surface area (Å²) >= 11 is 17.9. The first-order valence-corrected chi connectivity index (χ1v) is 26.6. The summed E-state index contributed by atoms with van der Waals surface area (Å²) in [6, 6.07) is 25.6. The fourth-order valence-corrected chi connectivity index (χ4v) is 10.5. The number of benzene rings is 6. The second-order valence-corrected chi connectivity index (χ2v) is 20.4. The highest BCUT2D eigenvalue weighted by Gasteiger charge is 2.33. The van der Waals surface area contributed by atoms with Gasteiger partial charge in [0.25, 0.3) is 17.7 Å². The van der Waals surface area contributed by atoms with E-state index in [4.69, 9.17) is 44.6 Å². The van der Waals surface area contributed by atoms with Gasteiger partial charge < -0.3 is 30.3 Å². The molecule has 6 aromatic carbocycles. The largest absolute Gasteiger partial charge is 0.505 e. The third-order valence-corrected chi connectivity index (χ3v) is 14.3. The van der Waals surface area contributed by atoms with Gasteiger partial charge in [0.05, 0.1) is 40.0 Å². The predicted octanol–water partition coefficient (Wildman–Crippen LogP) is 14.3. The zero-order chi connectivity index (χ0) is 60.2. The van der Waals surface area contributed by atoms with Gasteiger partial charge in [-0.2, -0.15) is 0 Å². The highest BCUT2D eigenvalue weighted by Crippen LogP contribution is 2.42. The van der Waals surface area contributed by atoms with Crippen LogP contribution in [0.15, 0.2) is 103 Å². The lowest BCUT2D eigenvalue weighted by Crippen LogP contribution is -2.16. The molecule has 0 fully saturated rings. The van der Waals surface area contributed by atoms with E-state index in [1.165, 1.54) is 57.9 Å². The van der Waals surface area contributed by atoms with Crippen molar-refractivity contribution in [2.24, 2.45) is 0 Å². The second-order valence-electron chi connectivity index (χ2n) is 19.1. The van der Waals surface area contributed by atoms with E-state index in [2.05, 4.69) is 0 Å². The highest BCUT2D eigenvalue weighted by molar-refractivity contribution is 6.31. The number of esters is 1. The van der Waals surface area contributed by atoms with Crippen molar-refractivity contribution in [1.82, 2.24) is 13.7 Å². The molecule has 0 bridgehead atoms. The molecule has 9 rings (SSSR count). The van der Waals surface area contributed by atoms with Crippen LogP contribution < -0.4 is 4.74 Å². The van der Waals surface area contributed by atoms with Crippen LogP contribution >= 0.6 is 34.8 Å². The van der Waals surface area contributed by atoms with E-state index in [1.54, 1.807) is 74.5 Å². The van der Waals surface area contributed by atoms with Crippen molar-refractivity contribution in [3.8, 4) is 23.0 Å². The molecule has 0 amide bonds. The molecule has 15 nitrogen and oxygen atoms in total. The predicted molar refractivity (Wildman–Crippen MR) is 305 cm³/mol.